The second kappa shape index (κ2) is 7.68. The third kappa shape index (κ3) is 4.29. The number of rotatable bonds is 7. The zero-order valence-corrected chi connectivity index (χ0v) is 14.5. The molecule has 6 N–H and O–H groups in total. The molecule has 0 fully saturated rings. The largest absolute Gasteiger partial charge is 0.474 e. The predicted octanol–water partition coefficient (Wildman–Crippen LogP) is 0.704. The van der Waals surface area contributed by atoms with Gasteiger partial charge < -0.3 is 26.8 Å². The summed E-state index contributed by atoms with van der Waals surface area (Å²) in [6, 6.07) is 6.75. The number of benzene rings is 1. The Morgan fingerprint density at radius 3 is 2.59 bits per heavy atom. The summed E-state index contributed by atoms with van der Waals surface area (Å²) in [5.74, 6) is -0.882. The van der Waals surface area contributed by atoms with Crippen molar-refractivity contribution in [3.63, 3.8) is 0 Å². The molecule has 0 saturated carbocycles. The van der Waals surface area contributed by atoms with Gasteiger partial charge in [-0.2, -0.15) is 4.98 Å². The number of anilines is 3. The van der Waals surface area contributed by atoms with Gasteiger partial charge in [-0.25, -0.2) is 4.98 Å². The smallest absolute Gasteiger partial charge is 0.254 e. The van der Waals surface area contributed by atoms with Gasteiger partial charge in [0.1, 0.15) is 23.5 Å². The second-order valence-electron chi connectivity index (χ2n) is 5.93. The zero-order chi connectivity index (χ0) is 19.4. The molecule has 1 aromatic heterocycles. The fraction of sp³-hybridized carbons (Fsp3) is 0.235. The maximum absolute atomic E-state index is 11.7. The van der Waals surface area contributed by atoms with Gasteiger partial charge in [-0.05, 0) is 24.6 Å². The molecule has 1 unspecified atom stereocenters. The van der Waals surface area contributed by atoms with Crippen LogP contribution in [0.1, 0.15) is 28.9 Å². The maximum atomic E-state index is 11.7. The van der Waals surface area contributed by atoms with Crippen molar-refractivity contribution in [1.29, 1.82) is 0 Å². The van der Waals surface area contributed by atoms with Crippen LogP contribution in [0.2, 0.25) is 0 Å². The van der Waals surface area contributed by atoms with Crippen LogP contribution in [0.3, 0.4) is 0 Å². The molecule has 2 aromatic rings. The van der Waals surface area contributed by atoms with E-state index < -0.39 is 17.9 Å². The molecule has 0 aliphatic carbocycles. The van der Waals surface area contributed by atoms with Gasteiger partial charge in [-0.3, -0.25) is 14.6 Å². The van der Waals surface area contributed by atoms with Crippen LogP contribution < -0.4 is 22.1 Å². The van der Waals surface area contributed by atoms with Crippen molar-refractivity contribution in [3.8, 4) is 0 Å². The third-order valence-electron chi connectivity index (χ3n) is 3.94. The minimum absolute atomic E-state index is 0.0922. The number of primary amides is 2. The zero-order valence-electron chi connectivity index (χ0n) is 14.5. The molecule has 2 amide bonds. The number of amides is 2. The number of carbonyl (C=O) groups excluding carboxylic acids is 2. The average Bonchev–Trinajstić information content (AvgIpc) is 3.17. The average molecular weight is 369 g/mol. The fourth-order valence-corrected chi connectivity index (χ4v) is 2.39. The number of ether oxygens (including phenoxy) is 1. The van der Waals surface area contributed by atoms with Gasteiger partial charge in [0.25, 0.3) is 5.91 Å². The van der Waals surface area contributed by atoms with Gasteiger partial charge in [-0.1, -0.05) is 12.1 Å². The quantitative estimate of drug-likeness (QED) is 0.559. The van der Waals surface area contributed by atoms with Gasteiger partial charge in [0, 0.05) is 11.9 Å². The highest BCUT2D eigenvalue weighted by atomic mass is 16.5. The van der Waals surface area contributed by atoms with E-state index >= 15 is 0 Å². The van der Waals surface area contributed by atoms with E-state index in [-0.39, 0.29) is 23.4 Å². The van der Waals surface area contributed by atoms with Crippen LogP contribution in [0.25, 0.3) is 0 Å². The van der Waals surface area contributed by atoms with E-state index in [0.717, 1.165) is 5.56 Å². The van der Waals surface area contributed by atoms with Crippen molar-refractivity contribution in [2.24, 2.45) is 16.5 Å². The van der Waals surface area contributed by atoms with Gasteiger partial charge in [0.2, 0.25) is 11.9 Å². The number of nitrogens with one attached hydrogen (secondary N) is 2. The molecule has 27 heavy (non-hydrogen) atoms. The number of carbonyl (C=O) groups is 2. The summed E-state index contributed by atoms with van der Waals surface area (Å²) in [4.78, 5) is 35.1. The van der Waals surface area contributed by atoms with Crippen LogP contribution >= 0.6 is 0 Å². The Balaban J connectivity index is 1.81. The summed E-state index contributed by atoms with van der Waals surface area (Å²) in [5, 5.41) is 5.79. The first-order valence-electron chi connectivity index (χ1n) is 8.17. The molecule has 1 aromatic carbocycles. The van der Waals surface area contributed by atoms with E-state index in [1.54, 1.807) is 6.92 Å². The summed E-state index contributed by atoms with van der Waals surface area (Å²) < 4.78 is 5.38. The van der Waals surface area contributed by atoms with Crippen molar-refractivity contribution in [2.75, 3.05) is 17.2 Å². The van der Waals surface area contributed by atoms with Crippen molar-refractivity contribution in [2.45, 2.75) is 19.1 Å². The summed E-state index contributed by atoms with van der Waals surface area (Å²) in [7, 11) is 0. The lowest BCUT2D eigenvalue weighted by molar-refractivity contribution is -0.118. The molecule has 2 heterocycles. The number of aromatic nitrogens is 2. The lowest BCUT2D eigenvalue weighted by Gasteiger charge is -2.14. The van der Waals surface area contributed by atoms with Crippen molar-refractivity contribution in [1.82, 2.24) is 9.97 Å². The minimum atomic E-state index is -0.680. The summed E-state index contributed by atoms with van der Waals surface area (Å²) in [6.07, 6.45) is 2.63. The Bertz CT molecular complexity index is 875. The predicted molar refractivity (Wildman–Crippen MR) is 99.7 cm³/mol. The lowest BCUT2D eigenvalue weighted by atomic mass is 10.1. The van der Waals surface area contributed by atoms with Crippen LogP contribution in [0.15, 0.2) is 35.5 Å². The molecule has 0 bridgehead atoms. The van der Waals surface area contributed by atoms with E-state index in [2.05, 4.69) is 25.6 Å². The van der Waals surface area contributed by atoms with Crippen LogP contribution in [0, 0.1) is 0 Å². The molecular weight excluding hydrogens is 350 g/mol. The Morgan fingerprint density at radius 1 is 1.26 bits per heavy atom. The van der Waals surface area contributed by atoms with Crippen LogP contribution in [-0.4, -0.2) is 40.8 Å². The monoisotopic (exact) mass is 369 g/mol. The second-order valence-corrected chi connectivity index (χ2v) is 5.93. The van der Waals surface area contributed by atoms with Crippen LogP contribution in [0.4, 0.5) is 17.5 Å². The molecule has 1 aliphatic rings. The molecule has 2 atom stereocenters. The highest BCUT2D eigenvalue weighted by Crippen LogP contribution is 2.24. The molecular formula is C17H19N7O3. The minimum Gasteiger partial charge on any atom is -0.474 e. The Kier molecular flexibility index (Phi) is 5.15. The Hall–Kier alpha value is -3.69. The molecule has 1 aliphatic heterocycles. The van der Waals surface area contributed by atoms with E-state index in [9.17, 15) is 9.59 Å². The van der Waals surface area contributed by atoms with Crippen molar-refractivity contribution in [3.05, 3.63) is 41.6 Å². The molecule has 10 heteroatoms. The number of nitrogens with zero attached hydrogens (tertiary/aromatic N) is 3. The number of aliphatic imine (C=N–C) groups is 1. The van der Waals surface area contributed by atoms with Crippen LogP contribution in [0.5, 0.6) is 0 Å². The SMILES string of the molecule is C[C@@H](Nc1ncc(C(N)=O)c(Nc2ccc(C3CN=CO3)cc2)n1)C(N)=O. The summed E-state index contributed by atoms with van der Waals surface area (Å²) >= 11 is 0. The molecule has 3 rings (SSSR count). The first-order chi connectivity index (χ1) is 12.9. The fourth-order valence-electron chi connectivity index (χ4n) is 2.39. The lowest BCUT2D eigenvalue weighted by Crippen LogP contribution is -2.33. The van der Waals surface area contributed by atoms with E-state index in [1.807, 2.05) is 24.3 Å². The number of hydrogen-bond acceptors (Lipinski definition) is 8. The van der Waals surface area contributed by atoms with Crippen molar-refractivity contribution >= 4 is 35.7 Å². The van der Waals surface area contributed by atoms with Crippen molar-refractivity contribution < 1.29 is 14.3 Å². The third-order valence-corrected chi connectivity index (χ3v) is 3.94. The van der Waals surface area contributed by atoms with Gasteiger partial charge in [0.15, 0.2) is 6.40 Å². The summed E-state index contributed by atoms with van der Waals surface area (Å²) in [6.45, 7) is 2.16. The van der Waals surface area contributed by atoms with E-state index in [1.165, 1.54) is 12.6 Å². The first kappa shape index (κ1) is 18.1. The number of nitrogens with two attached hydrogens (primary N) is 2. The van der Waals surface area contributed by atoms with E-state index in [0.29, 0.717) is 12.2 Å². The highest BCUT2D eigenvalue weighted by Gasteiger charge is 2.17. The van der Waals surface area contributed by atoms with Gasteiger partial charge >= 0.3 is 0 Å². The normalized spacial score (nSPS) is 16.4. The van der Waals surface area contributed by atoms with E-state index in [4.69, 9.17) is 16.2 Å². The summed E-state index contributed by atoms with van der Waals surface area (Å²) in [5.41, 5.74) is 12.4. The molecule has 140 valence electrons. The first-order valence-corrected chi connectivity index (χ1v) is 8.17. The Labute approximate surface area is 155 Å². The topological polar surface area (TPSA) is 158 Å². The standard InChI is InChI=1S/C17H19N7O3/c1-9(14(18)25)22-17-21-6-12(15(19)26)16(24-17)23-11-4-2-10(3-5-11)13-7-20-8-27-13/h2-6,8-9,13H,7H2,1H3,(H2,18,25)(H2,19,26)(H2,21,22,23,24)/t9-,13?/m1/s1. The molecule has 0 radical (unpaired) electrons. The molecule has 0 spiro atoms. The molecule has 0 saturated heterocycles. The number of hydrogen-bond donors (Lipinski definition) is 4. The Morgan fingerprint density at radius 2 is 2.00 bits per heavy atom. The van der Waals surface area contributed by atoms with Gasteiger partial charge in [0.05, 0.1) is 6.54 Å². The van der Waals surface area contributed by atoms with Crippen LogP contribution in [-0.2, 0) is 9.53 Å². The van der Waals surface area contributed by atoms with Gasteiger partial charge in [-0.15, -0.1) is 0 Å². The molecule has 10 nitrogen and oxygen atoms in total. The maximum Gasteiger partial charge on any atom is 0.254 e. The highest BCUT2D eigenvalue weighted by molar-refractivity contribution is 5.98.